The number of benzene rings is 1. The van der Waals surface area contributed by atoms with Gasteiger partial charge in [0.05, 0.1) is 10.0 Å². The molecule has 0 fully saturated rings. The van der Waals surface area contributed by atoms with Crippen molar-refractivity contribution < 1.29 is 14.3 Å². The predicted molar refractivity (Wildman–Crippen MR) is 79.6 cm³/mol. The summed E-state index contributed by atoms with van der Waals surface area (Å²) in [4.78, 5) is 11.5. The Morgan fingerprint density at radius 1 is 1.15 bits per heavy atom. The van der Waals surface area contributed by atoms with Crippen molar-refractivity contribution in [2.75, 3.05) is 5.88 Å². The van der Waals surface area contributed by atoms with Gasteiger partial charge in [0, 0.05) is 12.1 Å². The molecule has 2 rings (SSSR count). The van der Waals surface area contributed by atoms with Gasteiger partial charge in [0.1, 0.15) is 5.88 Å². The molecule has 4 nitrogen and oxygen atoms in total. The van der Waals surface area contributed by atoms with Crippen LogP contribution in [0.15, 0.2) is 12.1 Å². The molecule has 0 saturated carbocycles. The van der Waals surface area contributed by atoms with Gasteiger partial charge in [-0.2, -0.15) is 0 Å². The summed E-state index contributed by atoms with van der Waals surface area (Å²) in [6.07, 6.45) is 0. The third-order valence-corrected chi connectivity index (χ3v) is 4.00. The summed E-state index contributed by atoms with van der Waals surface area (Å²) in [7, 11) is 0. The van der Waals surface area contributed by atoms with Crippen molar-refractivity contribution in [1.29, 1.82) is 0 Å². The lowest BCUT2D eigenvalue weighted by molar-refractivity contribution is -0.142. The van der Waals surface area contributed by atoms with Crippen molar-refractivity contribution in [3.63, 3.8) is 0 Å². The number of hydrogen-bond donors (Lipinski definition) is 1. The van der Waals surface area contributed by atoms with E-state index in [4.69, 9.17) is 79.1 Å². The topological polar surface area (TPSA) is 47.6 Å². The molecule has 0 aliphatic carbocycles. The van der Waals surface area contributed by atoms with E-state index in [0.29, 0.717) is 0 Å². The Labute approximate surface area is 144 Å². The number of rotatable bonds is 2. The van der Waals surface area contributed by atoms with Crippen LogP contribution in [0.5, 0.6) is 11.5 Å². The molecule has 0 unspecified atom stereocenters. The van der Waals surface area contributed by atoms with Crippen LogP contribution in [0.3, 0.4) is 0 Å². The van der Waals surface area contributed by atoms with E-state index in [1.807, 2.05) is 0 Å². The molecule has 1 aromatic carbocycles. The van der Waals surface area contributed by atoms with Crippen LogP contribution in [0.4, 0.5) is 0 Å². The molecule has 20 heavy (non-hydrogen) atoms. The SMILES string of the molecule is O=C(CCl)NC1(C(Cl)(Cl)Cl)Oc2cc(Cl)c(Cl)cc2O1. The fourth-order valence-electron chi connectivity index (χ4n) is 1.45. The van der Waals surface area contributed by atoms with Gasteiger partial charge in [-0.1, -0.05) is 58.0 Å². The average molecular weight is 400 g/mol. The van der Waals surface area contributed by atoms with Crippen LogP contribution in [0.1, 0.15) is 0 Å². The van der Waals surface area contributed by atoms with Crippen LogP contribution in [-0.4, -0.2) is 21.5 Å². The first-order chi connectivity index (χ1) is 9.18. The van der Waals surface area contributed by atoms with E-state index in [2.05, 4.69) is 5.32 Å². The van der Waals surface area contributed by atoms with Crippen molar-refractivity contribution in [1.82, 2.24) is 5.32 Å². The Balaban J connectivity index is 2.41. The van der Waals surface area contributed by atoms with Crippen molar-refractivity contribution in [2.24, 2.45) is 0 Å². The molecule has 0 radical (unpaired) electrons. The van der Waals surface area contributed by atoms with E-state index in [1.54, 1.807) is 0 Å². The largest absolute Gasteiger partial charge is 0.428 e. The number of amides is 1. The molecule has 1 aromatic rings. The molecular formula is C10H5Cl6NO3. The van der Waals surface area contributed by atoms with Crippen LogP contribution < -0.4 is 14.8 Å². The Bertz CT molecular complexity index is 528. The molecule has 1 amide bonds. The first kappa shape index (κ1) is 16.4. The molecule has 10 heteroatoms. The minimum atomic E-state index is -2.13. The molecule has 110 valence electrons. The fourth-order valence-corrected chi connectivity index (χ4v) is 2.20. The van der Waals surface area contributed by atoms with Gasteiger partial charge < -0.3 is 9.47 Å². The summed E-state index contributed by atoms with van der Waals surface area (Å²) in [6.45, 7) is 0. The van der Waals surface area contributed by atoms with Crippen molar-refractivity contribution >= 4 is 75.5 Å². The normalized spacial score (nSPS) is 16.1. The standard InChI is InChI=1S/C10H5Cl6NO3/c11-3-8(18)17-10(9(14,15)16)19-6-1-4(12)5(13)2-7(6)20-10/h1-2H,3H2,(H,17,18). The molecular weight excluding hydrogens is 395 g/mol. The monoisotopic (exact) mass is 397 g/mol. The summed E-state index contributed by atoms with van der Waals surface area (Å²) in [5.41, 5.74) is 0. The smallest absolute Gasteiger partial charge is 0.388 e. The lowest BCUT2D eigenvalue weighted by Gasteiger charge is -2.33. The molecule has 0 spiro atoms. The number of ether oxygens (including phenoxy) is 2. The highest BCUT2D eigenvalue weighted by Crippen LogP contribution is 2.50. The van der Waals surface area contributed by atoms with Gasteiger partial charge in [0.2, 0.25) is 5.91 Å². The third-order valence-electron chi connectivity index (χ3n) is 2.29. The highest BCUT2D eigenvalue weighted by molar-refractivity contribution is 6.68. The minimum Gasteiger partial charge on any atom is -0.428 e. The number of alkyl halides is 4. The third kappa shape index (κ3) is 2.96. The second-order valence-electron chi connectivity index (χ2n) is 3.71. The summed E-state index contributed by atoms with van der Waals surface area (Å²) in [6, 6.07) is 2.76. The maximum absolute atomic E-state index is 11.5. The summed E-state index contributed by atoms with van der Waals surface area (Å²) < 4.78 is 8.70. The Hall–Kier alpha value is 0.0300. The van der Waals surface area contributed by atoms with Crippen LogP contribution in [0, 0.1) is 0 Å². The van der Waals surface area contributed by atoms with E-state index < -0.39 is 15.6 Å². The summed E-state index contributed by atoms with van der Waals surface area (Å²) in [5, 5.41) is 2.71. The van der Waals surface area contributed by atoms with Gasteiger partial charge in [0.15, 0.2) is 11.5 Å². The molecule has 1 aliphatic heterocycles. The van der Waals surface area contributed by atoms with Crippen molar-refractivity contribution in [3.05, 3.63) is 22.2 Å². The second kappa shape index (κ2) is 5.67. The number of carbonyl (C=O) groups is 1. The van der Waals surface area contributed by atoms with E-state index >= 15 is 0 Å². The van der Waals surface area contributed by atoms with Crippen LogP contribution in [-0.2, 0) is 4.79 Å². The average Bonchev–Trinajstić information content (AvgIpc) is 2.67. The highest BCUT2D eigenvalue weighted by Gasteiger charge is 2.59. The van der Waals surface area contributed by atoms with Gasteiger partial charge in [-0.25, -0.2) is 0 Å². The Kier molecular flexibility index (Phi) is 4.65. The van der Waals surface area contributed by atoms with Crippen LogP contribution in [0.25, 0.3) is 0 Å². The lowest BCUT2D eigenvalue weighted by Crippen LogP contribution is -2.63. The van der Waals surface area contributed by atoms with Crippen LogP contribution in [0.2, 0.25) is 10.0 Å². The molecule has 1 aliphatic rings. The predicted octanol–water partition coefficient (Wildman–Crippen LogP) is 4.14. The number of halogens is 6. The molecule has 0 saturated heterocycles. The van der Waals surface area contributed by atoms with Gasteiger partial charge in [-0.15, -0.1) is 11.6 Å². The molecule has 0 atom stereocenters. The summed E-state index contributed by atoms with van der Waals surface area (Å²) >= 11 is 34.6. The number of fused-ring (bicyclic) bond motifs is 1. The number of nitrogens with one attached hydrogen (secondary N) is 1. The highest BCUT2D eigenvalue weighted by atomic mass is 35.6. The van der Waals surface area contributed by atoms with Gasteiger partial charge in [-0.3, -0.25) is 10.1 Å². The van der Waals surface area contributed by atoms with E-state index in [9.17, 15) is 4.79 Å². The molecule has 1 N–H and O–H groups in total. The molecule has 0 bridgehead atoms. The minimum absolute atomic E-state index is 0.167. The molecule has 1 heterocycles. The zero-order valence-corrected chi connectivity index (χ0v) is 13.9. The van der Waals surface area contributed by atoms with E-state index in [1.165, 1.54) is 12.1 Å². The lowest BCUT2D eigenvalue weighted by atomic mass is 10.3. The fraction of sp³-hybridized carbons (Fsp3) is 0.300. The first-order valence-corrected chi connectivity index (χ1v) is 7.42. The van der Waals surface area contributed by atoms with Gasteiger partial charge >= 0.3 is 5.91 Å². The van der Waals surface area contributed by atoms with Crippen molar-refractivity contribution in [2.45, 2.75) is 9.70 Å². The Morgan fingerprint density at radius 3 is 1.95 bits per heavy atom. The Morgan fingerprint density at radius 2 is 1.60 bits per heavy atom. The van der Waals surface area contributed by atoms with Crippen LogP contribution >= 0.6 is 69.6 Å². The number of hydrogen-bond acceptors (Lipinski definition) is 3. The number of carbonyl (C=O) groups excluding carboxylic acids is 1. The molecule has 0 aromatic heterocycles. The maximum atomic E-state index is 11.5. The zero-order chi connectivity index (χ0) is 15.1. The van der Waals surface area contributed by atoms with E-state index in [-0.39, 0.29) is 27.4 Å². The quantitative estimate of drug-likeness (QED) is 0.760. The first-order valence-electron chi connectivity index (χ1n) is 4.99. The van der Waals surface area contributed by atoms with Crippen molar-refractivity contribution in [3.8, 4) is 11.5 Å². The van der Waals surface area contributed by atoms with Gasteiger partial charge in [-0.05, 0) is 0 Å². The second-order valence-corrected chi connectivity index (χ2v) is 7.08. The van der Waals surface area contributed by atoms with Gasteiger partial charge in [0.25, 0.3) is 3.79 Å². The maximum Gasteiger partial charge on any atom is 0.388 e. The summed E-state index contributed by atoms with van der Waals surface area (Å²) in [5.74, 6) is -2.74. The zero-order valence-electron chi connectivity index (χ0n) is 9.35. The van der Waals surface area contributed by atoms with E-state index in [0.717, 1.165) is 0 Å².